The van der Waals surface area contributed by atoms with Gasteiger partial charge in [0.15, 0.2) is 0 Å². The maximum absolute atomic E-state index is 13.6. The number of rotatable bonds is 2. The molecule has 0 radical (unpaired) electrons. The molecule has 0 bridgehead atoms. The van der Waals surface area contributed by atoms with E-state index < -0.39 is 17.8 Å². The number of carbonyl (C=O) groups is 2. The fraction of sp³-hybridized carbons (Fsp3) is 0.385. The second kappa shape index (κ2) is 5.16. The van der Waals surface area contributed by atoms with Crippen LogP contribution in [0, 0.1) is 12.7 Å². The zero-order chi connectivity index (χ0) is 13.1. The molecule has 1 saturated heterocycles. The highest BCUT2D eigenvalue weighted by Gasteiger charge is 2.24. The van der Waals surface area contributed by atoms with Crippen molar-refractivity contribution in [2.75, 3.05) is 6.54 Å². The van der Waals surface area contributed by atoms with Crippen LogP contribution in [0.4, 0.5) is 4.39 Å². The zero-order valence-corrected chi connectivity index (χ0v) is 10.1. The Morgan fingerprint density at radius 3 is 2.94 bits per heavy atom. The van der Waals surface area contributed by atoms with Crippen LogP contribution < -0.4 is 10.6 Å². The van der Waals surface area contributed by atoms with Crippen molar-refractivity contribution >= 4 is 11.8 Å². The highest BCUT2D eigenvalue weighted by Crippen LogP contribution is 2.11. The molecular weight excluding hydrogens is 235 g/mol. The van der Waals surface area contributed by atoms with Gasteiger partial charge in [-0.15, -0.1) is 0 Å². The van der Waals surface area contributed by atoms with E-state index in [1.165, 1.54) is 12.1 Å². The van der Waals surface area contributed by atoms with Crippen molar-refractivity contribution in [2.24, 2.45) is 0 Å². The van der Waals surface area contributed by atoms with E-state index in [1.54, 1.807) is 13.0 Å². The predicted molar refractivity (Wildman–Crippen MR) is 64.6 cm³/mol. The normalized spacial score (nSPS) is 19.2. The standard InChI is InChI=1S/C13H15FN2O2/c1-8-4-5-9(10(14)7-8)12(17)16-11-3-2-6-15-13(11)18/h4-5,7,11H,2-3,6H2,1H3,(H,15,18)(H,16,17). The molecule has 1 atom stereocenters. The minimum absolute atomic E-state index is 0.0287. The summed E-state index contributed by atoms with van der Waals surface area (Å²) in [5.74, 6) is -1.32. The molecule has 1 heterocycles. The molecule has 96 valence electrons. The molecule has 1 aliphatic heterocycles. The van der Waals surface area contributed by atoms with Crippen molar-refractivity contribution in [3.8, 4) is 0 Å². The molecular formula is C13H15FN2O2. The molecule has 5 heteroatoms. The van der Waals surface area contributed by atoms with E-state index in [2.05, 4.69) is 10.6 Å². The Morgan fingerprint density at radius 1 is 1.50 bits per heavy atom. The van der Waals surface area contributed by atoms with Gasteiger partial charge in [-0.05, 0) is 37.5 Å². The molecule has 2 N–H and O–H groups in total. The Hall–Kier alpha value is -1.91. The molecule has 2 amide bonds. The van der Waals surface area contributed by atoms with Crippen LogP contribution in [0.1, 0.15) is 28.8 Å². The van der Waals surface area contributed by atoms with E-state index >= 15 is 0 Å². The maximum Gasteiger partial charge on any atom is 0.254 e. The van der Waals surface area contributed by atoms with Gasteiger partial charge in [0.2, 0.25) is 5.91 Å². The summed E-state index contributed by atoms with van der Waals surface area (Å²) in [4.78, 5) is 23.3. The van der Waals surface area contributed by atoms with Crippen LogP contribution in [0.15, 0.2) is 18.2 Å². The lowest BCUT2D eigenvalue weighted by atomic mass is 10.1. The Kier molecular flexibility index (Phi) is 3.60. The average Bonchev–Trinajstić information content (AvgIpc) is 2.32. The van der Waals surface area contributed by atoms with Crippen LogP contribution >= 0.6 is 0 Å². The summed E-state index contributed by atoms with van der Waals surface area (Å²) in [5.41, 5.74) is 0.721. The molecule has 1 unspecified atom stereocenters. The highest BCUT2D eigenvalue weighted by atomic mass is 19.1. The molecule has 18 heavy (non-hydrogen) atoms. The van der Waals surface area contributed by atoms with E-state index in [-0.39, 0.29) is 11.5 Å². The molecule has 1 aromatic rings. The lowest BCUT2D eigenvalue weighted by Gasteiger charge is -2.22. The first-order valence-corrected chi connectivity index (χ1v) is 5.92. The van der Waals surface area contributed by atoms with Crippen molar-refractivity contribution in [3.05, 3.63) is 35.1 Å². The Morgan fingerprint density at radius 2 is 2.28 bits per heavy atom. The van der Waals surface area contributed by atoms with Crippen LogP contribution in [0.3, 0.4) is 0 Å². The minimum atomic E-state index is -0.566. The van der Waals surface area contributed by atoms with Crippen LogP contribution in [0.2, 0.25) is 0 Å². The topological polar surface area (TPSA) is 58.2 Å². The number of piperidine rings is 1. The number of hydrogen-bond acceptors (Lipinski definition) is 2. The quantitative estimate of drug-likeness (QED) is 0.827. The van der Waals surface area contributed by atoms with Gasteiger partial charge in [0.05, 0.1) is 5.56 Å². The van der Waals surface area contributed by atoms with Crippen molar-refractivity contribution < 1.29 is 14.0 Å². The van der Waals surface area contributed by atoms with Gasteiger partial charge in [-0.1, -0.05) is 6.07 Å². The van der Waals surface area contributed by atoms with E-state index in [0.29, 0.717) is 13.0 Å². The van der Waals surface area contributed by atoms with Crippen molar-refractivity contribution in [2.45, 2.75) is 25.8 Å². The van der Waals surface area contributed by atoms with Crippen LogP contribution in [-0.4, -0.2) is 24.4 Å². The molecule has 1 aromatic carbocycles. The third-order valence-corrected chi connectivity index (χ3v) is 2.96. The first-order valence-electron chi connectivity index (χ1n) is 5.92. The van der Waals surface area contributed by atoms with Gasteiger partial charge in [-0.2, -0.15) is 0 Å². The Labute approximate surface area is 105 Å². The van der Waals surface area contributed by atoms with Gasteiger partial charge in [-0.25, -0.2) is 4.39 Å². The van der Waals surface area contributed by atoms with Gasteiger partial charge in [0.1, 0.15) is 11.9 Å². The zero-order valence-electron chi connectivity index (χ0n) is 10.1. The second-order valence-electron chi connectivity index (χ2n) is 4.44. The summed E-state index contributed by atoms with van der Waals surface area (Å²) in [7, 11) is 0. The fourth-order valence-corrected chi connectivity index (χ4v) is 1.95. The molecule has 0 saturated carbocycles. The van der Waals surface area contributed by atoms with Crippen molar-refractivity contribution in [3.63, 3.8) is 0 Å². The maximum atomic E-state index is 13.6. The second-order valence-corrected chi connectivity index (χ2v) is 4.44. The summed E-state index contributed by atoms with van der Waals surface area (Å²) in [6.07, 6.45) is 1.40. The molecule has 0 aliphatic carbocycles. The summed E-state index contributed by atoms with van der Waals surface area (Å²) in [6.45, 7) is 2.38. The number of hydrogen-bond donors (Lipinski definition) is 2. The Balaban J connectivity index is 2.09. The lowest BCUT2D eigenvalue weighted by molar-refractivity contribution is -0.124. The van der Waals surface area contributed by atoms with Crippen LogP contribution in [0.5, 0.6) is 0 Å². The smallest absolute Gasteiger partial charge is 0.254 e. The summed E-state index contributed by atoms with van der Waals surface area (Å²) in [5, 5.41) is 5.22. The molecule has 0 spiro atoms. The van der Waals surface area contributed by atoms with Crippen LogP contribution in [-0.2, 0) is 4.79 Å². The molecule has 1 fully saturated rings. The molecule has 1 aliphatic rings. The summed E-state index contributed by atoms with van der Waals surface area (Å²) < 4.78 is 13.6. The average molecular weight is 250 g/mol. The number of carbonyl (C=O) groups excluding carboxylic acids is 2. The number of nitrogens with one attached hydrogen (secondary N) is 2. The molecule has 0 aromatic heterocycles. The van der Waals surface area contributed by atoms with Gasteiger partial charge in [0, 0.05) is 6.54 Å². The molecule has 4 nitrogen and oxygen atoms in total. The summed E-state index contributed by atoms with van der Waals surface area (Å²) in [6, 6.07) is 3.84. The monoisotopic (exact) mass is 250 g/mol. The highest BCUT2D eigenvalue weighted by molar-refractivity contribution is 5.97. The van der Waals surface area contributed by atoms with Crippen molar-refractivity contribution in [1.29, 1.82) is 0 Å². The SMILES string of the molecule is Cc1ccc(C(=O)NC2CCCNC2=O)c(F)c1. The number of benzene rings is 1. The van der Waals surface area contributed by atoms with Gasteiger partial charge < -0.3 is 10.6 Å². The fourth-order valence-electron chi connectivity index (χ4n) is 1.95. The van der Waals surface area contributed by atoms with E-state index in [9.17, 15) is 14.0 Å². The van der Waals surface area contributed by atoms with Gasteiger partial charge in [0.25, 0.3) is 5.91 Å². The van der Waals surface area contributed by atoms with Crippen LogP contribution in [0.25, 0.3) is 0 Å². The van der Waals surface area contributed by atoms with E-state index in [0.717, 1.165) is 12.0 Å². The number of amides is 2. The first kappa shape index (κ1) is 12.5. The van der Waals surface area contributed by atoms with Gasteiger partial charge in [-0.3, -0.25) is 9.59 Å². The summed E-state index contributed by atoms with van der Waals surface area (Å²) >= 11 is 0. The third-order valence-electron chi connectivity index (χ3n) is 2.96. The first-order chi connectivity index (χ1) is 8.58. The number of halogens is 1. The minimum Gasteiger partial charge on any atom is -0.354 e. The predicted octanol–water partition coefficient (Wildman–Crippen LogP) is 1.14. The molecule has 2 rings (SSSR count). The van der Waals surface area contributed by atoms with Crippen molar-refractivity contribution in [1.82, 2.24) is 10.6 Å². The van der Waals surface area contributed by atoms with E-state index in [1.807, 2.05) is 0 Å². The van der Waals surface area contributed by atoms with Gasteiger partial charge >= 0.3 is 0 Å². The Bertz CT molecular complexity index is 488. The van der Waals surface area contributed by atoms with E-state index in [4.69, 9.17) is 0 Å². The largest absolute Gasteiger partial charge is 0.354 e. The lowest BCUT2D eigenvalue weighted by Crippen LogP contribution is -2.50. The third kappa shape index (κ3) is 2.67. The number of aryl methyl sites for hydroxylation is 1.